The molecule has 0 unspecified atom stereocenters. The fourth-order valence-electron chi connectivity index (χ4n) is 3.89. The lowest BCUT2D eigenvalue weighted by Crippen LogP contribution is -2.47. The number of hydrogen-bond acceptors (Lipinski definition) is 2. The first-order valence-corrected chi connectivity index (χ1v) is 10.1. The van der Waals surface area contributed by atoms with Gasteiger partial charge in [-0.05, 0) is 55.9 Å². The van der Waals surface area contributed by atoms with E-state index < -0.39 is 0 Å². The van der Waals surface area contributed by atoms with Gasteiger partial charge in [-0.25, -0.2) is 4.79 Å². The van der Waals surface area contributed by atoms with Crippen molar-refractivity contribution >= 4 is 29.2 Å². The fourth-order valence-corrected chi connectivity index (χ4v) is 4.02. The molecule has 1 aromatic rings. The zero-order valence-electron chi connectivity index (χ0n) is 15.2. The van der Waals surface area contributed by atoms with Gasteiger partial charge in [-0.1, -0.05) is 30.9 Å². The molecule has 0 spiro atoms. The van der Waals surface area contributed by atoms with Crippen molar-refractivity contribution in [3.8, 4) is 0 Å². The summed E-state index contributed by atoms with van der Waals surface area (Å²) in [6.07, 6.45) is 8.04. The molecule has 142 valence electrons. The van der Waals surface area contributed by atoms with Gasteiger partial charge in [0.15, 0.2) is 0 Å². The lowest BCUT2D eigenvalue weighted by molar-refractivity contribution is -0.126. The lowest BCUT2D eigenvalue weighted by atomic mass is 9.89. The molecule has 2 aliphatic rings. The third-order valence-electron chi connectivity index (χ3n) is 5.46. The number of hydrogen-bond donors (Lipinski definition) is 2. The summed E-state index contributed by atoms with van der Waals surface area (Å²) in [5, 5.41) is 6.64. The van der Waals surface area contributed by atoms with Gasteiger partial charge in [0.05, 0.1) is 5.92 Å². The second kappa shape index (κ2) is 9.26. The summed E-state index contributed by atoms with van der Waals surface area (Å²) in [5.41, 5.74) is 0.711. The Bertz CT molecular complexity index is 614. The second-order valence-electron chi connectivity index (χ2n) is 7.47. The van der Waals surface area contributed by atoms with Crippen molar-refractivity contribution in [2.45, 2.75) is 44.9 Å². The van der Waals surface area contributed by atoms with Crippen LogP contribution in [0.4, 0.5) is 10.5 Å². The predicted octanol–water partition coefficient (Wildman–Crippen LogP) is 4.28. The molecule has 1 atom stereocenters. The van der Waals surface area contributed by atoms with Crippen molar-refractivity contribution in [1.82, 2.24) is 10.2 Å². The Labute approximate surface area is 160 Å². The lowest BCUT2D eigenvalue weighted by Gasteiger charge is -2.32. The molecule has 1 heterocycles. The van der Waals surface area contributed by atoms with Crippen LogP contribution in [0.5, 0.6) is 0 Å². The summed E-state index contributed by atoms with van der Waals surface area (Å²) in [6.45, 7) is 1.95. The van der Waals surface area contributed by atoms with Crippen LogP contribution in [0.25, 0.3) is 0 Å². The highest BCUT2D eigenvalue weighted by Gasteiger charge is 2.28. The Kier molecular flexibility index (Phi) is 6.78. The molecule has 0 bridgehead atoms. The Morgan fingerprint density at radius 2 is 1.77 bits per heavy atom. The van der Waals surface area contributed by atoms with Crippen LogP contribution in [-0.2, 0) is 4.79 Å². The quantitative estimate of drug-likeness (QED) is 0.822. The van der Waals surface area contributed by atoms with Crippen LogP contribution in [0.1, 0.15) is 44.9 Å². The van der Waals surface area contributed by atoms with E-state index in [0.717, 1.165) is 19.4 Å². The molecule has 3 rings (SSSR count). The van der Waals surface area contributed by atoms with E-state index in [1.807, 2.05) is 0 Å². The van der Waals surface area contributed by atoms with Crippen molar-refractivity contribution < 1.29 is 9.59 Å². The number of nitrogens with one attached hydrogen (secondary N) is 2. The molecule has 6 heteroatoms. The van der Waals surface area contributed by atoms with Gasteiger partial charge in [0, 0.05) is 30.3 Å². The summed E-state index contributed by atoms with van der Waals surface area (Å²) in [5.74, 6) is 0.614. The van der Waals surface area contributed by atoms with Crippen molar-refractivity contribution in [3.63, 3.8) is 0 Å². The summed E-state index contributed by atoms with van der Waals surface area (Å²) in [4.78, 5) is 26.7. The van der Waals surface area contributed by atoms with Gasteiger partial charge in [0.1, 0.15) is 0 Å². The summed E-state index contributed by atoms with van der Waals surface area (Å²) < 4.78 is 0. The van der Waals surface area contributed by atoms with Crippen molar-refractivity contribution in [1.29, 1.82) is 0 Å². The van der Waals surface area contributed by atoms with Crippen LogP contribution in [0.15, 0.2) is 24.3 Å². The molecule has 0 radical (unpaired) electrons. The van der Waals surface area contributed by atoms with E-state index in [0.29, 0.717) is 29.7 Å². The number of amides is 3. The van der Waals surface area contributed by atoms with E-state index in [9.17, 15) is 9.59 Å². The Balaban J connectivity index is 1.47. The van der Waals surface area contributed by atoms with Gasteiger partial charge in [0.25, 0.3) is 0 Å². The number of piperidine rings is 1. The number of benzene rings is 1. The maximum Gasteiger partial charge on any atom is 0.321 e. The van der Waals surface area contributed by atoms with E-state index in [-0.39, 0.29) is 17.9 Å². The van der Waals surface area contributed by atoms with Gasteiger partial charge >= 0.3 is 6.03 Å². The van der Waals surface area contributed by atoms with Crippen LogP contribution in [0.2, 0.25) is 5.02 Å². The first-order valence-electron chi connectivity index (χ1n) is 9.71. The highest BCUT2D eigenvalue weighted by Crippen LogP contribution is 2.23. The first-order chi connectivity index (χ1) is 12.6. The molecular weight excluding hydrogens is 350 g/mol. The highest BCUT2D eigenvalue weighted by molar-refractivity contribution is 6.30. The number of carbonyl (C=O) groups excluding carboxylic acids is 2. The number of carbonyl (C=O) groups is 2. The summed E-state index contributed by atoms with van der Waals surface area (Å²) in [7, 11) is 0. The van der Waals surface area contributed by atoms with Crippen molar-refractivity contribution in [3.05, 3.63) is 29.3 Å². The molecule has 1 saturated carbocycles. The number of anilines is 1. The minimum Gasteiger partial charge on any atom is -0.356 e. The average Bonchev–Trinajstić information content (AvgIpc) is 2.69. The molecule has 2 N–H and O–H groups in total. The molecule has 1 aromatic carbocycles. The SMILES string of the molecule is O=C(NCC1CCCCC1)[C@@H]1CCCN(C(=O)Nc2ccc(Cl)cc2)C1. The van der Waals surface area contributed by atoms with Gasteiger partial charge in [-0.3, -0.25) is 4.79 Å². The van der Waals surface area contributed by atoms with Crippen molar-refractivity contribution in [2.75, 3.05) is 25.0 Å². The molecule has 3 amide bonds. The first kappa shape index (κ1) is 19.0. The molecule has 26 heavy (non-hydrogen) atoms. The average molecular weight is 378 g/mol. The Morgan fingerprint density at radius 1 is 1.04 bits per heavy atom. The van der Waals surface area contributed by atoms with Gasteiger partial charge in [0.2, 0.25) is 5.91 Å². The number of rotatable bonds is 4. The maximum atomic E-state index is 12.5. The highest BCUT2D eigenvalue weighted by atomic mass is 35.5. The largest absolute Gasteiger partial charge is 0.356 e. The van der Waals surface area contributed by atoms with E-state index in [1.54, 1.807) is 29.2 Å². The van der Waals surface area contributed by atoms with E-state index in [1.165, 1.54) is 32.1 Å². The molecule has 1 saturated heterocycles. The number of nitrogens with zero attached hydrogens (tertiary/aromatic N) is 1. The molecule has 0 aromatic heterocycles. The van der Waals surface area contributed by atoms with Gasteiger partial charge < -0.3 is 15.5 Å². The molecular formula is C20H28ClN3O2. The summed E-state index contributed by atoms with van der Waals surface area (Å²) >= 11 is 5.87. The monoisotopic (exact) mass is 377 g/mol. The zero-order chi connectivity index (χ0) is 18.4. The fraction of sp³-hybridized carbons (Fsp3) is 0.600. The molecule has 2 fully saturated rings. The third kappa shape index (κ3) is 5.37. The van der Waals surface area contributed by atoms with Crippen LogP contribution in [-0.4, -0.2) is 36.5 Å². The van der Waals surface area contributed by atoms with E-state index in [4.69, 9.17) is 11.6 Å². The Morgan fingerprint density at radius 3 is 2.50 bits per heavy atom. The van der Waals surface area contributed by atoms with Crippen molar-refractivity contribution in [2.24, 2.45) is 11.8 Å². The standard InChI is InChI=1S/C20H28ClN3O2/c21-17-8-10-18(11-9-17)23-20(26)24-12-4-7-16(14-24)19(25)22-13-15-5-2-1-3-6-15/h8-11,15-16H,1-7,12-14H2,(H,22,25)(H,23,26)/t16-/m1/s1. The minimum atomic E-state index is -0.155. The van der Waals surface area contributed by atoms with Crippen LogP contribution >= 0.6 is 11.6 Å². The molecule has 1 aliphatic heterocycles. The zero-order valence-corrected chi connectivity index (χ0v) is 15.9. The molecule has 5 nitrogen and oxygen atoms in total. The number of urea groups is 1. The van der Waals surface area contributed by atoms with Gasteiger partial charge in [-0.2, -0.15) is 0 Å². The van der Waals surface area contributed by atoms with Crippen LogP contribution in [0, 0.1) is 11.8 Å². The topological polar surface area (TPSA) is 61.4 Å². The van der Waals surface area contributed by atoms with Crippen LogP contribution < -0.4 is 10.6 Å². The Hall–Kier alpha value is -1.75. The number of halogens is 1. The van der Waals surface area contributed by atoms with Crippen LogP contribution in [0.3, 0.4) is 0 Å². The van der Waals surface area contributed by atoms with Gasteiger partial charge in [-0.15, -0.1) is 0 Å². The summed E-state index contributed by atoms with van der Waals surface area (Å²) in [6, 6.07) is 6.89. The smallest absolute Gasteiger partial charge is 0.321 e. The third-order valence-corrected chi connectivity index (χ3v) is 5.72. The minimum absolute atomic E-state index is 0.0968. The van der Waals surface area contributed by atoms with E-state index >= 15 is 0 Å². The maximum absolute atomic E-state index is 12.5. The normalized spacial score (nSPS) is 21.3. The molecule has 1 aliphatic carbocycles. The second-order valence-corrected chi connectivity index (χ2v) is 7.91. The predicted molar refractivity (Wildman–Crippen MR) is 104 cm³/mol. The van der Waals surface area contributed by atoms with E-state index in [2.05, 4.69) is 10.6 Å². The number of likely N-dealkylation sites (tertiary alicyclic amines) is 1.